The van der Waals surface area contributed by atoms with Crippen LogP contribution in [0, 0.1) is 0 Å². The molecule has 1 aliphatic carbocycles. The number of pyridine rings is 1. The molecule has 0 bridgehead atoms. The minimum Gasteiger partial charge on any atom is -0.485 e. The van der Waals surface area contributed by atoms with E-state index in [1.807, 2.05) is 35.2 Å². The summed E-state index contributed by atoms with van der Waals surface area (Å²) >= 11 is 0. The number of para-hydroxylation sites is 1. The Hall–Kier alpha value is -2.40. The maximum absolute atomic E-state index is 13.2. The normalized spacial score (nSPS) is 25.0. The van der Waals surface area contributed by atoms with Gasteiger partial charge < -0.3 is 14.5 Å². The predicted octanol–water partition coefficient (Wildman–Crippen LogP) is 3.36. The summed E-state index contributed by atoms with van der Waals surface area (Å²) in [5, 5.41) is 0. The number of amides is 1. The first-order valence-electron chi connectivity index (χ1n) is 9.69. The Morgan fingerprint density at radius 1 is 1.19 bits per heavy atom. The molecule has 1 aromatic carbocycles. The number of rotatable bonds is 2. The van der Waals surface area contributed by atoms with Gasteiger partial charge in [0.15, 0.2) is 0 Å². The average molecular weight is 365 g/mol. The first-order valence-corrected chi connectivity index (χ1v) is 9.69. The summed E-state index contributed by atoms with van der Waals surface area (Å²) in [6.07, 6.45) is 7.44. The maximum Gasteiger partial charge on any atom is 0.255 e. The zero-order chi connectivity index (χ0) is 18.9. The Bertz CT molecular complexity index is 798. The largest absolute Gasteiger partial charge is 0.485 e. The zero-order valence-electron chi connectivity index (χ0n) is 16.1. The molecule has 1 fully saturated rings. The highest BCUT2D eigenvalue weighted by Gasteiger charge is 2.42. The molecule has 142 valence electrons. The van der Waals surface area contributed by atoms with Gasteiger partial charge in [-0.2, -0.15) is 0 Å². The van der Waals surface area contributed by atoms with Crippen molar-refractivity contribution < 1.29 is 9.53 Å². The van der Waals surface area contributed by atoms with Crippen molar-refractivity contribution in [3.05, 3.63) is 59.9 Å². The molecule has 1 spiro atoms. The van der Waals surface area contributed by atoms with Crippen LogP contribution in [0.2, 0.25) is 0 Å². The van der Waals surface area contributed by atoms with Crippen molar-refractivity contribution in [2.45, 2.75) is 43.9 Å². The minimum atomic E-state index is -0.309. The fourth-order valence-corrected chi connectivity index (χ4v) is 4.33. The van der Waals surface area contributed by atoms with Gasteiger partial charge in [-0.25, -0.2) is 0 Å². The Labute approximate surface area is 161 Å². The number of hydrogen-bond donors (Lipinski definition) is 0. The van der Waals surface area contributed by atoms with Crippen molar-refractivity contribution in [1.82, 2.24) is 14.8 Å². The Morgan fingerprint density at radius 2 is 1.96 bits per heavy atom. The highest BCUT2D eigenvalue weighted by atomic mass is 16.5. The van der Waals surface area contributed by atoms with Crippen molar-refractivity contribution in [3.8, 4) is 5.75 Å². The van der Waals surface area contributed by atoms with Gasteiger partial charge in [0.2, 0.25) is 0 Å². The van der Waals surface area contributed by atoms with Gasteiger partial charge in [0.05, 0.1) is 12.1 Å². The number of fused-ring (bicyclic) bond motifs is 1. The smallest absolute Gasteiger partial charge is 0.255 e. The molecule has 0 atom stereocenters. The summed E-state index contributed by atoms with van der Waals surface area (Å²) in [7, 11) is 4.29. The van der Waals surface area contributed by atoms with Crippen molar-refractivity contribution in [1.29, 1.82) is 0 Å². The quantitative estimate of drug-likeness (QED) is 0.819. The third kappa shape index (κ3) is 3.69. The van der Waals surface area contributed by atoms with E-state index in [1.54, 1.807) is 12.4 Å². The van der Waals surface area contributed by atoms with E-state index in [2.05, 4.69) is 30.0 Å². The van der Waals surface area contributed by atoms with Crippen LogP contribution in [-0.2, 0) is 6.54 Å². The highest BCUT2D eigenvalue weighted by Crippen LogP contribution is 2.39. The van der Waals surface area contributed by atoms with E-state index >= 15 is 0 Å². The SMILES string of the molecule is CN(C)C1CCC2(CC1)CN(C(=O)c1cccnc1)Cc1ccccc1O2. The topological polar surface area (TPSA) is 45.7 Å². The summed E-state index contributed by atoms with van der Waals surface area (Å²) in [4.78, 5) is 21.5. The molecule has 2 aliphatic rings. The second-order valence-corrected chi connectivity index (χ2v) is 7.99. The molecular formula is C22H27N3O2. The van der Waals surface area contributed by atoms with E-state index in [0.29, 0.717) is 24.7 Å². The first-order chi connectivity index (χ1) is 13.1. The summed E-state index contributed by atoms with van der Waals surface area (Å²) in [6.45, 7) is 1.19. The van der Waals surface area contributed by atoms with Crippen LogP contribution in [0.5, 0.6) is 5.75 Å². The fraction of sp³-hybridized carbons (Fsp3) is 0.455. The molecule has 0 saturated heterocycles. The minimum absolute atomic E-state index is 0.0255. The number of hydrogen-bond acceptors (Lipinski definition) is 4. The van der Waals surface area contributed by atoms with E-state index in [1.165, 1.54) is 0 Å². The van der Waals surface area contributed by atoms with Gasteiger partial charge in [-0.05, 0) is 58.0 Å². The Balaban J connectivity index is 1.64. The van der Waals surface area contributed by atoms with Crippen LogP contribution in [0.4, 0.5) is 0 Å². The van der Waals surface area contributed by atoms with Crippen molar-refractivity contribution in [2.24, 2.45) is 0 Å². The number of ether oxygens (including phenoxy) is 1. The zero-order valence-corrected chi connectivity index (χ0v) is 16.1. The molecule has 0 unspecified atom stereocenters. The van der Waals surface area contributed by atoms with Crippen molar-refractivity contribution >= 4 is 5.91 Å². The van der Waals surface area contributed by atoms with Crippen molar-refractivity contribution in [2.75, 3.05) is 20.6 Å². The lowest BCUT2D eigenvalue weighted by Crippen LogP contribution is -2.51. The molecule has 5 nitrogen and oxygen atoms in total. The summed E-state index contributed by atoms with van der Waals surface area (Å²) in [6, 6.07) is 12.3. The monoisotopic (exact) mass is 365 g/mol. The van der Waals surface area contributed by atoms with Gasteiger partial charge >= 0.3 is 0 Å². The molecule has 1 aromatic heterocycles. The number of benzene rings is 1. The molecule has 1 saturated carbocycles. The van der Waals surface area contributed by atoms with E-state index in [9.17, 15) is 4.79 Å². The van der Waals surface area contributed by atoms with Crippen LogP contribution in [0.25, 0.3) is 0 Å². The Morgan fingerprint density at radius 3 is 2.67 bits per heavy atom. The molecule has 1 amide bonds. The molecule has 5 heteroatoms. The number of carbonyl (C=O) groups excluding carboxylic acids is 1. The fourth-order valence-electron chi connectivity index (χ4n) is 4.33. The molecule has 4 rings (SSSR count). The van der Waals surface area contributed by atoms with Gasteiger partial charge in [-0.3, -0.25) is 9.78 Å². The summed E-state index contributed by atoms with van der Waals surface area (Å²) in [5.74, 6) is 0.944. The van der Waals surface area contributed by atoms with Gasteiger partial charge in [-0.15, -0.1) is 0 Å². The second kappa shape index (κ2) is 7.31. The maximum atomic E-state index is 13.2. The second-order valence-electron chi connectivity index (χ2n) is 7.99. The lowest BCUT2D eigenvalue weighted by molar-refractivity contribution is -0.00929. The average Bonchev–Trinajstić information content (AvgIpc) is 2.85. The number of carbonyl (C=O) groups is 1. The first kappa shape index (κ1) is 18.0. The highest BCUT2D eigenvalue weighted by molar-refractivity contribution is 5.94. The van der Waals surface area contributed by atoms with E-state index in [4.69, 9.17) is 4.74 Å². The standard InChI is InChI=1S/C22H27N3O2/c1-24(2)19-9-11-22(12-10-19)16-25(21(26)17-7-5-13-23-14-17)15-18-6-3-4-8-20(18)27-22/h3-8,13-14,19H,9-12,15-16H2,1-2H3. The molecule has 2 aromatic rings. The third-order valence-corrected chi connectivity index (χ3v) is 5.93. The third-order valence-electron chi connectivity index (χ3n) is 5.93. The lowest BCUT2D eigenvalue weighted by Gasteiger charge is -2.43. The van der Waals surface area contributed by atoms with Crippen LogP contribution < -0.4 is 4.74 Å². The van der Waals surface area contributed by atoms with Crippen molar-refractivity contribution in [3.63, 3.8) is 0 Å². The lowest BCUT2D eigenvalue weighted by atomic mass is 9.81. The molecule has 2 heterocycles. The molecule has 1 aliphatic heterocycles. The van der Waals surface area contributed by atoms with Gasteiger partial charge in [0, 0.05) is 30.5 Å². The van der Waals surface area contributed by atoms with Crippen LogP contribution in [0.15, 0.2) is 48.8 Å². The summed E-state index contributed by atoms with van der Waals surface area (Å²) in [5.41, 5.74) is 1.40. The molecule has 0 radical (unpaired) electrons. The van der Waals surface area contributed by atoms with Gasteiger partial charge in [0.25, 0.3) is 5.91 Å². The van der Waals surface area contributed by atoms with Gasteiger partial charge in [0.1, 0.15) is 11.4 Å². The van der Waals surface area contributed by atoms with Crippen LogP contribution >= 0.6 is 0 Å². The van der Waals surface area contributed by atoms with Crippen LogP contribution in [-0.4, -0.2) is 53.0 Å². The Kier molecular flexibility index (Phi) is 4.87. The van der Waals surface area contributed by atoms with E-state index in [-0.39, 0.29) is 11.5 Å². The molecule has 0 N–H and O–H groups in total. The van der Waals surface area contributed by atoms with Gasteiger partial charge in [-0.1, -0.05) is 18.2 Å². The van der Waals surface area contributed by atoms with E-state index < -0.39 is 0 Å². The van der Waals surface area contributed by atoms with Crippen LogP contribution in [0.1, 0.15) is 41.6 Å². The van der Waals surface area contributed by atoms with Crippen LogP contribution in [0.3, 0.4) is 0 Å². The van der Waals surface area contributed by atoms with E-state index in [0.717, 1.165) is 37.0 Å². The molecule has 27 heavy (non-hydrogen) atoms. The molecular weight excluding hydrogens is 338 g/mol. The summed E-state index contributed by atoms with van der Waals surface area (Å²) < 4.78 is 6.60. The predicted molar refractivity (Wildman–Crippen MR) is 105 cm³/mol. The number of nitrogens with zero attached hydrogens (tertiary/aromatic N) is 3. The number of aromatic nitrogens is 1.